The van der Waals surface area contributed by atoms with Gasteiger partial charge in [0.15, 0.2) is 0 Å². The molecule has 0 aliphatic carbocycles. The third-order valence-corrected chi connectivity index (χ3v) is 3.56. The van der Waals surface area contributed by atoms with Gasteiger partial charge in [0.25, 0.3) is 0 Å². The molecule has 0 aliphatic rings. The van der Waals surface area contributed by atoms with Crippen LogP contribution in [-0.2, 0) is 11.2 Å². The molecule has 0 aromatic carbocycles. The quantitative estimate of drug-likeness (QED) is 0.605. The first-order valence-electron chi connectivity index (χ1n) is 7.39. The van der Waals surface area contributed by atoms with Crippen molar-refractivity contribution in [3.05, 3.63) is 60.3 Å². The molecule has 0 spiro atoms. The molecule has 3 rings (SSSR count). The summed E-state index contributed by atoms with van der Waals surface area (Å²) >= 11 is 0. The maximum Gasteiger partial charge on any atom is 0.244 e. The number of pyridine rings is 1. The zero-order valence-electron chi connectivity index (χ0n) is 12.5. The van der Waals surface area contributed by atoms with E-state index in [1.54, 1.807) is 18.5 Å². The molecule has 3 aromatic heterocycles. The van der Waals surface area contributed by atoms with Gasteiger partial charge in [0.2, 0.25) is 5.91 Å². The Balaban J connectivity index is 1.63. The van der Waals surface area contributed by atoms with Crippen molar-refractivity contribution in [3.63, 3.8) is 0 Å². The highest BCUT2D eigenvalue weighted by Crippen LogP contribution is 2.16. The number of fused-ring (bicyclic) bond motifs is 1. The zero-order valence-corrected chi connectivity index (χ0v) is 12.5. The van der Waals surface area contributed by atoms with Crippen molar-refractivity contribution in [1.29, 1.82) is 0 Å². The minimum Gasteiger partial charge on any atom is -0.469 e. The molecule has 0 unspecified atom stereocenters. The lowest BCUT2D eigenvalue weighted by molar-refractivity contribution is -0.117. The van der Waals surface area contributed by atoms with Crippen LogP contribution in [0.5, 0.6) is 0 Å². The SMILES string of the molecule is NC[C@H](Cc1ccco1)NC(=O)/C=C/c1c[nH]c2ncccc12. The Morgan fingerprint density at radius 1 is 1.43 bits per heavy atom. The third kappa shape index (κ3) is 3.67. The fourth-order valence-corrected chi connectivity index (χ4v) is 2.39. The highest BCUT2D eigenvalue weighted by atomic mass is 16.3. The molecule has 23 heavy (non-hydrogen) atoms. The van der Waals surface area contributed by atoms with Crippen LogP contribution in [0.1, 0.15) is 11.3 Å². The number of furan rings is 1. The van der Waals surface area contributed by atoms with E-state index in [0.29, 0.717) is 13.0 Å². The number of aromatic amines is 1. The van der Waals surface area contributed by atoms with Crippen molar-refractivity contribution < 1.29 is 9.21 Å². The van der Waals surface area contributed by atoms with E-state index in [9.17, 15) is 4.79 Å². The molecule has 118 valence electrons. The summed E-state index contributed by atoms with van der Waals surface area (Å²) in [5.41, 5.74) is 7.42. The van der Waals surface area contributed by atoms with E-state index in [4.69, 9.17) is 10.2 Å². The van der Waals surface area contributed by atoms with E-state index in [-0.39, 0.29) is 11.9 Å². The van der Waals surface area contributed by atoms with E-state index in [1.807, 2.05) is 30.5 Å². The molecule has 0 aliphatic heterocycles. The summed E-state index contributed by atoms with van der Waals surface area (Å²) in [6.07, 6.45) is 8.98. The van der Waals surface area contributed by atoms with Gasteiger partial charge >= 0.3 is 0 Å². The molecule has 0 radical (unpaired) electrons. The fourth-order valence-electron chi connectivity index (χ4n) is 2.39. The predicted octanol–water partition coefficient (Wildman–Crippen LogP) is 1.86. The van der Waals surface area contributed by atoms with Gasteiger partial charge in [0.05, 0.1) is 6.26 Å². The standard InChI is InChI=1S/C17H18N4O2/c18-10-13(9-14-3-2-8-23-14)21-16(22)6-5-12-11-20-17-15(12)4-1-7-19-17/h1-8,11,13H,9-10,18H2,(H,19,20)(H,21,22)/b6-5+/t13-/m0/s1. The minimum atomic E-state index is -0.190. The topological polar surface area (TPSA) is 96.9 Å². The molecule has 4 N–H and O–H groups in total. The first kappa shape index (κ1) is 15.1. The number of hydrogen-bond donors (Lipinski definition) is 3. The van der Waals surface area contributed by atoms with Gasteiger partial charge < -0.3 is 20.5 Å². The fraction of sp³-hybridized carbons (Fsp3) is 0.176. The number of carbonyl (C=O) groups is 1. The first-order valence-corrected chi connectivity index (χ1v) is 7.39. The lowest BCUT2D eigenvalue weighted by atomic mass is 10.1. The second-order valence-electron chi connectivity index (χ2n) is 5.20. The van der Waals surface area contributed by atoms with E-state index in [2.05, 4.69) is 15.3 Å². The lowest BCUT2D eigenvalue weighted by Gasteiger charge is -2.14. The summed E-state index contributed by atoms with van der Waals surface area (Å²) in [4.78, 5) is 19.3. The van der Waals surface area contributed by atoms with Gasteiger partial charge in [0, 0.05) is 48.4 Å². The number of amides is 1. The summed E-state index contributed by atoms with van der Waals surface area (Å²) in [5.74, 6) is 0.609. The summed E-state index contributed by atoms with van der Waals surface area (Å²) in [5, 5.41) is 3.85. The van der Waals surface area contributed by atoms with Crippen molar-refractivity contribution in [2.24, 2.45) is 5.73 Å². The van der Waals surface area contributed by atoms with Gasteiger partial charge in [-0.25, -0.2) is 4.98 Å². The highest BCUT2D eigenvalue weighted by molar-refractivity contribution is 5.95. The van der Waals surface area contributed by atoms with E-state index in [0.717, 1.165) is 22.4 Å². The molecule has 0 saturated heterocycles. The maximum atomic E-state index is 12.1. The highest BCUT2D eigenvalue weighted by Gasteiger charge is 2.11. The predicted molar refractivity (Wildman–Crippen MR) is 88.5 cm³/mol. The van der Waals surface area contributed by atoms with Crippen LogP contribution in [0.25, 0.3) is 17.1 Å². The summed E-state index contributed by atoms with van der Waals surface area (Å²) in [6.45, 7) is 0.345. The molecule has 6 nitrogen and oxygen atoms in total. The van der Waals surface area contributed by atoms with Crippen molar-refractivity contribution in [2.45, 2.75) is 12.5 Å². The molecule has 6 heteroatoms. The Kier molecular flexibility index (Phi) is 4.54. The second kappa shape index (κ2) is 6.93. The van der Waals surface area contributed by atoms with Crippen LogP contribution in [0.15, 0.2) is 53.4 Å². The number of nitrogens with one attached hydrogen (secondary N) is 2. The van der Waals surface area contributed by atoms with Gasteiger partial charge in [0.1, 0.15) is 11.4 Å². The Hall–Kier alpha value is -2.86. The average molecular weight is 310 g/mol. The Morgan fingerprint density at radius 3 is 3.13 bits per heavy atom. The lowest BCUT2D eigenvalue weighted by Crippen LogP contribution is -2.40. The van der Waals surface area contributed by atoms with Crippen LogP contribution >= 0.6 is 0 Å². The molecule has 0 saturated carbocycles. The van der Waals surface area contributed by atoms with Crippen molar-refractivity contribution in [3.8, 4) is 0 Å². The molecule has 1 atom stereocenters. The largest absolute Gasteiger partial charge is 0.469 e. The summed E-state index contributed by atoms with van der Waals surface area (Å²) in [6, 6.07) is 7.33. The zero-order chi connectivity index (χ0) is 16.1. The molecular formula is C17H18N4O2. The van der Waals surface area contributed by atoms with Crippen molar-refractivity contribution in [1.82, 2.24) is 15.3 Å². The summed E-state index contributed by atoms with van der Waals surface area (Å²) in [7, 11) is 0. The number of hydrogen-bond acceptors (Lipinski definition) is 4. The minimum absolute atomic E-state index is 0.164. The molecule has 0 bridgehead atoms. The number of rotatable bonds is 6. The number of nitrogens with two attached hydrogens (primary N) is 1. The van der Waals surface area contributed by atoms with Gasteiger partial charge in [-0.1, -0.05) is 0 Å². The van der Waals surface area contributed by atoms with Crippen LogP contribution in [0.4, 0.5) is 0 Å². The van der Waals surface area contributed by atoms with Gasteiger partial charge in [-0.15, -0.1) is 0 Å². The number of H-pyrrole nitrogens is 1. The van der Waals surface area contributed by atoms with Crippen LogP contribution in [0, 0.1) is 0 Å². The van der Waals surface area contributed by atoms with Crippen LogP contribution in [0.3, 0.4) is 0 Å². The third-order valence-electron chi connectivity index (χ3n) is 3.56. The molecule has 0 fully saturated rings. The van der Waals surface area contributed by atoms with E-state index < -0.39 is 0 Å². The molecule has 1 amide bonds. The van der Waals surface area contributed by atoms with Crippen LogP contribution in [0.2, 0.25) is 0 Å². The Labute approximate surface area is 133 Å². The molecule has 3 heterocycles. The first-order chi connectivity index (χ1) is 11.3. The normalized spacial score (nSPS) is 12.7. The smallest absolute Gasteiger partial charge is 0.244 e. The monoisotopic (exact) mass is 310 g/mol. The number of nitrogens with zero attached hydrogens (tertiary/aromatic N) is 1. The van der Waals surface area contributed by atoms with Gasteiger partial charge in [-0.3, -0.25) is 4.79 Å². The maximum absolute atomic E-state index is 12.1. The Bertz CT molecular complexity index is 805. The second-order valence-corrected chi connectivity index (χ2v) is 5.20. The average Bonchev–Trinajstić information content (AvgIpc) is 3.22. The summed E-state index contributed by atoms with van der Waals surface area (Å²) < 4.78 is 5.28. The number of aromatic nitrogens is 2. The number of carbonyl (C=O) groups excluding carboxylic acids is 1. The van der Waals surface area contributed by atoms with Crippen molar-refractivity contribution >= 4 is 23.0 Å². The molecule has 3 aromatic rings. The van der Waals surface area contributed by atoms with E-state index >= 15 is 0 Å². The molecular weight excluding hydrogens is 292 g/mol. The Morgan fingerprint density at radius 2 is 2.35 bits per heavy atom. The van der Waals surface area contributed by atoms with Gasteiger partial charge in [-0.05, 0) is 30.3 Å². The van der Waals surface area contributed by atoms with Crippen LogP contribution < -0.4 is 11.1 Å². The van der Waals surface area contributed by atoms with Crippen LogP contribution in [-0.4, -0.2) is 28.5 Å². The van der Waals surface area contributed by atoms with Gasteiger partial charge in [-0.2, -0.15) is 0 Å². The van der Waals surface area contributed by atoms with Crippen molar-refractivity contribution in [2.75, 3.05) is 6.54 Å². The van der Waals surface area contributed by atoms with E-state index in [1.165, 1.54) is 6.08 Å².